The molecule has 0 radical (unpaired) electrons. The number of carboxylic acid groups (broad SMARTS) is 1. The number of sulfonamides is 1. The lowest BCUT2D eigenvalue weighted by Crippen LogP contribution is -2.42. The third-order valence-electron chi connectivity index (χ3n) is 2.39. The molecule has 0 aliphatic heterocycles. The van der Waals surface area contributed by atoms with Crippen molar-refractivity contribution in [3.05, 3.63) is 24.3 Å². The molecule has 0 aliphatic carbocycles. The van der Waals surface area contributed by atoms with Crippen LogP contribution in [-0.4, -0.2) is 38.9 Å². The van der Waals surface area contributed by atoms with E-state index in [9.17, 15) is 13.2 Å². The maximum Gasteiger partial charge on any atom is 0.327 e. The Kier molecular flexibility index (Phi) is 4.18. The van der Waals surface area contributed by atoms with Crippen LogP contribution in [0.5, 0.6) is 5.75 Å². The highest BCUT2D eigenvalue weighted by atomic mass is 32.2. The molecule has 6 nitrogen and oxygen atoms in total. The van der Waals surface area contributed by atoms with Gasteiger partial charge in [0.15, 0.2) is 0 Å². The Balaban J connectivity index is 3.22. The number of methoxy groups -OCH3 is 1. The predicted molar refractivity (Wildman–Crippen MR) is 67.4 cm³/mol. The standard InChI is InChI=1S/C11H15NO5S/c1-8(11(13)14)12(18(3,15)16)9-4-6-10(17-2)7-5-9/h4-8H,1-3H3,(H,13,14)/t8-/m0/s1. The van der Waals surface area contributed by atoms with Gasteiger partial charge in [0.05, 0.1) is 19.1 Å². The largest absolute Gasteiger partial charge is 0.497 e. The molecule has 0 amide bonds. The third kappa shape index (κ3) is 3.13. The molecule has 0 saturated heterocycles. The minimum Gasteiger partial charge on any atom is -0.497 e. The number of carbonyl (C=O) groups is 1. The van der Waals surface area contributed by atoms with Crippen molar-refractivity contribution < 1.29 is 23.1 Å². The predicted octanol–water partition coefficient (Wildman–Crippen LogP) is 0.934. The van der Waals surface area contributed by atoms with E-state index in [1.54, 1.807) is 12.1 Å². The van der Waals surface area contributed by atoms with E-state index in [1.165, 1.54) is 26.2 Å². The van der Waals surface area contributed by atoms with Crippen molar-refractivity contribution in [3.63, 3.8) is 0 Å². The summed E-state index contributed by atoms with van der Waals surface area (Å²) >= 11 is 0. The molecular weight excluding hydrogens is 258 g/mol. The van der Waals surface area contributed by atoms with Gasteiger partial charge in [-0.15, -0.1) is 0 Å². The van der Waals surface area contributed by atoms with Gasteiger partial charge in [-0.05, 0) is 31.2 Å². The Bertz CT molecular complexity index is 523. The maximum absolute atomic E-state index is 11.7. The van der Waals surface area contributed by atoms with Gasteiger partial charge in [0.25, 0.3) is 0 Å². The summed E-state index contributed by atoms with van der Waals surface area (Å²) in [6.07, 6.45) is 0.969. The molecule has 100 valence electrons. The molecule has 0 spiro atoms. The van der Waals surface area contributed by atoms with Crippen molar-refractivity contribution in [3.8, 4) is 5.75 Å². The van der Waals surface area contributed by atoms with Crippen molar-refractivity contribution in [2.75, 3.05) is 17.7 Å². The molecule has 0 unspecified atom stereocenters. The van der Waals surface area contributed by atoms with Crippen LogP contribution >= 0.6 is 0 Å². The van der Waals surface area contributed by atoms with Gasteiger partial charge < -0.3 is 9.84 Å². The number of hydrogen-bond acceptors (Lipinski definition) is 4. The third-order valence-corrected chi connectivity index (χ3v) is 3.63. The lowest BCUT2D eigenvalue weighted by atomic mass is 10.2. The highest BCUT2D eigenvalue weighted by Crippen LogP contribution is 2.23. The number of aliphatic carboxylic acids is 1. The lowest BCUT2D eigenvalue weighted by molar-refractivity contribution is -0.137. The molecule has 18 heavy (non-hydrogen) atoms. The zero-order valence-electron chi connectivity index (χ0n) is 10.3. The molecule has 0 aliphatic rings. The molecule has 1 atom stereocenters. The number of ether oxygens (including phenoxy) is 1. The van der Waals surface area contributed by atoms with Crippen LogP contribution in [0.4, 0.5) is 5.69 Å². The first-order valence-electron chi connectivity index (χ1n) is 5.13. The van der Waals surface area contributed by atoms with Crippen LogP contribution in [0.25, 0.3) is 0 Å². The first-order chi connectivity index (χ1) is 8.27. The molecule has 7 heteroatoms. The number of carboxylic acids is 1. The van der Waals surface area contributed by atoms with E-state index in [2.05, 4.69) is 0 Å². The molecule has 0 aromatic heterocycles. The average molecular weight is 273 g/mol. The molecule has 1 aromatic rings. The molecular formula is C11H15NO5S. The molecule has 0 heterocycles. The SMILES string of the molecule is COc1ccc(N([C@@H](C)C(=O)O)S(C)(=O)=O)cc1. The molecule has 1 N–H and O–H groups in total. The maximum atomic E-state index is 11.7. The van der Waals surface area contributed by atoms with Gasteiger partial charge in [0.2, 0.25) is 10.0 Å². The van der Waals surface area contributed by atoms with Crippen LogP contribution in [0.2, 0.25) is 0 Å². The van der Waals surface area contributed by atoms with E-state index in [0.29, 0.717) is 5.75 Å². The first-order valence-corrected chi connectivity index (χ1v) is 6.98. The second kappa shape index (κ2) is 5.26. The van der Waals surface area contributed by atoms with Crippen LogP contribution in [0.15, 0.2) is 24.3 Å². The normalized spacial score (nSPS) is 12.8. The van der Waals surface area contributed by atoms with Crippen molar-refractivity contribution >= 4 is 21.7 Å². The van der Waals surface area contributed by atoms with E-state index < -0.39 is 22.0 Å². The fraction of sp³-hybridized carbons (Fsp3) is 0.364. The van der Waals surface area contributed by atoms with E-state index in [0.717, 1.165) is 10.6 Å². The molecule has 0 saturated carbocycles. The minimum atomic E-state index is -3.67. The van der Waals surface area contributed by atoms with Crippen LogP contribution < -0.4 is 9.04 Å². The van der Waals surface area contributed by atoms with Gasteiger partial charge in [-0.2, -0.15) is 0 Å². The lowest BCUT2D eigenvalue weighted by Gasteiger charge is -2.26. The highest BCUT2D eigenvalue weighted by molar-refractivity contribution is 7.92. The van der Waals surface area contributed by atoms with Crippen molar-refractivity contribution in [1.82, 2.24) is 0 Å². The fourth-order valence-corrected chi connectivity index (χ4v) is 2.70. The van der Waals surface area contributed by atoms with Gasteiger partial charge in [-0.25, -0.2) is 13.2 Å². The quantitative estimate of drug-likeness (QED) is 0.863. The first kappa shape index (κ1) is 14.3. The van der Waals surface area contributed by atoms with Gasteiger partial charge in [0, 0.05) is 0 Å². The van der Waals surface area contributed by atoms with Crippen LogP contribution in [-0.2, 0) is 14.8 Å². The van der Waals surface area contributed by atoms with Crippen LogP contribution in [0, 0.1) is 0 Å². The van der Waals surface area contributed by atoms with Crippen molar-refractivity contribution in [2.45, 2.75) is 13.0 Å². The van der Waals surface area contributed by atoms with Crippen LogP contribution in [0.1, 0.15) is 6.92 Å². The van der Waals surface area contributed by atoms with E-state index in [-0.39, 0.29) is 5.69 Å². The summed E-state index contributed by atoms with van der Waals surface area (Å²) in [6.45, 7) is 1.31. The number of hydrogen-bond donors (Lipinski definition) is 1. The van der Waals surface area contributed by atoms with Gasteiger partial charge in [-0.3, -0.25) is 4.31 Å². The summed E-state index contributed by atoms with van der Waals surface area (Å²) in [7, 11) is -2.18. The smallest absolute Gasteiger partial charge is 0.327 e. The number of nitrogens with zero attached hydrogens (tertiary/aromatic N) is 1. The minimum absolute atomic E-state index is 0.285. The zero-order chi connectivity index (χ0) is 13.9. The van der Waals surface area contributed by atoms with E-state index in [1.807, 2.05) is 0 Å². The highest BCUT2D eigenvalue weighted by Gasteiger charge is 2.28. The van der Waals surface area contributed by atoms with Crippen molar-refractivity contribution in [1.29, 1.82) is 0 Å². The Labute approximate surface area is 106 Å². The molecule has 1 rings (SSSR count). The number of anilines is 1. The van der Waals surface area contributed by atoms with E-state index >= 15 is 0 Å². The summed E-state index contributed by atoms with van der Waals surface area (Å²) in [5.74, 6) is -0.647. The Hall–Kier alpha value is -1.76. The Morgan fingerprint density at radius 1 is 1.33 bits per heavy atom. The average Bonchev–Trinajstić information content (AvgIpc) is 2.28. The molecule has 0 bridgehead atoms. The van der Waals surface area contributed by atoms with Crippen LogP contribution in [0.3, 0.4) is 0 Å². The monoisotopic (exact) mass is 273 g/mol. The number of rotatable bonds is 5. The summed E-state index contributed by atoms with van der Waals surface area (Å²) in [4.78, 5) is 11.0. The van der Waals surface area contributed by atoms with Gasteiger partial charge in [-0.1, -0.05) is 0 Å². The number of benzene rings is 1. The molecule has 1 aromatic carbocycles. The summed E-state index contributed by atoms with van der Waals surface area (Å²) in [6, 6.07) is 4.97. The van der Waals surface area contributed by atoms with Crippen molar-refractivity contribution in [2.24, 2.45) is 0 Å². The second-order valence-electron chi connectivity index (χ2n) is 3.77. The summed E-state index contributed by atoms with van der Waals surface area (Å²) in [5.41, 5.74) is 0.285. The summed E-state index contributed by atoms with van der Waals surface area (Å²) < 4.78 is 29.1. The Morgan fingerprint density at radius 2 is 1.83 bits per heavy atom. The van der Waals surface area contributed by atoms with Gasteiger partial charge >= 0.3 is 5.97 Å². The molecule has 0 fully saturated rings. The fourth-order valence-electron chi connectivity index (χ4n) is 1.53. The topological polar surface area (TPSA) is 83.9 Å². The summed E-state index contributed by atoms with van der Waals surface area (Å²) in [5, 5.41) is 8.95. The zero-order valence-corrected chi connectivity index (χ0v) is 11.1. The second-order valence-corrected chi connectivity index (χ2v) is 5.63. The Morgan fingerprint density at radius 3 is 2.17 bits per heavy atom. The van der Waals surface area contributed by atoms with E-state index in [4.69, 9.17) is 9.84 Å². The van der Waals surface area contributed by atoms with Gasteiger partial charge in [0.1, 0.15) is 11.8 Å².